The third kappa shape index (κ3) is 7.56. The zero-order chi connectivity index (χ0) is 21.4. The molecule has 1 saturated carbocycles. The number of hydrogen-bond donors (Lipinski definition) is 3. The summed E-state index contributed by atoms with van der Waals surface area (Å²) in [7, 11) is 0. The minimum Gasteiger partial charge on any atom is -0.449 e. The maximum Gasteiger partial charge on any atom is 0.339 e. The van der Waals surface area contributed by atoms with Gasteiger partial charge in [-0.05, 0) is 38.0 Å². The van der Waals surface area contributed by atoms with E-state index < -0.39 is 12.1 Å². The number of anilines is 2. The van der Waals surface area contributed by atoms with Gasteiger partial charge in [0, 0.05) is 31.3 Å². The number of nitrogens with one attached hydrogen (secondary N) is 3. The van der Waals surface area contributed by atoms with Crippen LogP contribution in [0, 0.1) is 0 Å². The molecule has 0 radical (unpaired) electrons. The summed E-state index contributed by atoms with van der Waals surface area (Å²) in [6, 6.07) is 4.51. The quantitative estimate of drug-likeness (QED) is 0.499. The summed E-state index contributed by atoms with van der Waals surface area (Å²) in [6.07, 6.45) is 5.44. The normalized spacial score (nSPS) is 15.6. The zero-order valence-corrected chi connectivity index (χ0v) is 17.2. The molecule has 0 heterocycles. The fraction of sp³-hybridized carbons (Fsp3) is 0.524. The lowest BCUT2D eigenvalue weighted by molar-refractivity contribution is -0.130. The third-order valence-electron chi connectivity index (χ3n) is 4.66. The lowest BCUT2D eigenvalue weighted by atomic mass is 10.1. The lowest BCUT2D eigenvalue weighted by Crippen LogP contribution is -2.41. The predicted molar refractivity (Wildman–Crippen MR) is 110 cm³/mol. The van der Waals surface area contributed by atoms with Crippen LogP contribution in [0.25, 0.3) is 0 Å². The number of ether oxygens (including phenoxy) is 1. The van der Waals surface area contributed by atoms with E-state index in [-0.39, 0.29) is 29.3 Å². The summed E-state index contributed by atoms with van der Waals surface area (Å²) in [5.74, 6) is -1.68. The summed E-state index contributed by atoms with van der Waals surface area (Å²) in [5, 5.41) is 8.11. The highest BCUT2D eigenvalue weighted by Gasteiger charge is 2.23. The van der Waals surface area contributed by atoms with E-state index >= 15 is 0 Å². The SMILES string of the molecule is CC(=O)Nc1cc(NC(C)=O)cc(C(=O)O[C@H](C)C(=O)NC2CCCCCC2)c1. The molecule has 0 unspecified atom stereocenters. The summed E-state index contributed by atoms with van der Waals surface area (Å²) in [6.45, 7) is 4.20. The number of carbonyl (C=O) groups excluding carboxylic acids is 4. The second-order valence-electron chi connectivity index (χ2n) is 7.41. The smallest absolute Gasteiger partial charge is 0.339 e. The van der Waals surface area contributed by atoms with Crippen LogP contribution in [0.1, 0.15) is 69.7 Å². The Labute approximate surface area is 170 Å². The number of hydrogen-bond acceptors (Lipinski definition) is 5. The first-order valence-corrected chi connectivity index (χ1v) is 9.96. The van der Waals surface area contributed by atoms with Crippen molar-refractivity contribution in [2.75, 3.05) is 10.6 Å². The Morgan fingerprint density at radius 3 is 1.90 bits per heavy atom. The van der Waals surface area contributed by atoms with E-state index in [2.05, 4.69) is 16.0 Å². The molecule has 1 aliphatic rings. The van der Waals surface area contributed by atoms with Gasteiger partial charge in [0.25, 0.3) is 5.91 Å². The maximum absolute atomic E-state index is 12.6. The first-order chi connectivity index (χ1) is 13.7. The number of amides is 3. The molecule has 8 nitrogen and oxygen atoms in total. The number of carbonyl (C=O) groups is 4. The van der Waals surface area contributed by atoms with Crippen LogP contribution in [0.5, 0.6) is 0 Å². The predicted octanol–water partition coefficient (Wildman–Crippen LogP) is 2.99. The van der Waals surface area contributed by atoms with E-state index in [9.17, 15) is 19.2 Å². The number of benzene rings is 1. The van der Waals surface area contributed by atoms with E-state index in [4.69, 9.17) is 4.74 Å². The van der Waals surface area contributed by atoms with Gasteiger partial charge in [0.1, 0.15) is 0 Å². The van der Waals surface area contributed by atoms with Crippen LogP contribution < -0.4 is 16.0 Å². The lowest BCUT2D eigenvalue weighted by Gasteiger charge is -2.20. The van der Waals surface area contributed by atoms with Crippen LogP contribution in [0.4, 0.5) is 11.4 Å². The Morgan fingerprint density at radius 1 is 0.897 bits per heavy atom. The van der Waals surface area contributed by atoms with Gasteiger partial charge in [-0.25, -0.2) is 4.79 Å². The summed E-state index contributed by atoms with van der Waals surface area (Å²) >= 11 is 0. The van der Waals surface area contributed by atoms with Gasteiger partial charge < -0.3 is 20.7 Å². The molecule has 0 saturated heterocycles. The standard InChI is InChI=1S/C21H29N3O5/c1-13(20(27)24-17-8-6-4-5-7-9-17)29-21(28)16-10-18(22-14(2)25)12-19(11-16)23-15(3)26/h10-13,17H,4-9H2,1-3H3,(H,22,25)(H,23,26)(H,24,27)/t13-/m1/s1. The summed E-state index contributed by atoms with van der Waals surface area (Å²) in [4.78, 5) is 47.6. The van der Waals surface area contributed by atoms with Crippen LogP contribution in [0.3, 0.4) is 0 Å². The van der Waals surface area contributed by atoms with Crippen LogP contribution in [-0.4, -0.2) is 35.8 Å². The molecule has 8 heteroatoms. The van der Waals surface area contributed by atoms with E-state index in [1.54, 1.807) is 0 Å². The third-order valence-corrected chi connectivity index (χ3v) is 4.66. The van der Waals surface area contributed by atoms with E-state index in [1.807, 2.05) is 0 Å². The van der Waals surface area contributed by atoms with Gasteiger partial charge >= 0.3 is 5.97 Å². The van der Waals surface area contributed by atoms with Crippen LogP contribution >= 0.6 is 0 Å². The first kappa shape index (κ1) is 22.4. The summed E-state index contributed by atoms with van der Waals surface area (Å²) in [5.41, 5.74) is 0.798. The number of rotatable bonds is 6. The van der Waals surface area contributed by atoms with Gasteiger partial charge in [-0.2, -0.15) is 0 Å². The Bertz CT molecular complexity index is 735. The van der Waals surface area contributed by atoms with Crippen molar-refractivity contribution in [3.05, 3.63) is 23.8 Å². The molecule has 2 rings (SSSR count). The van der Waals surface area contributed by atoms with Gasteiger partial charge in [0.2, 0.25) is 11.8 Å². The van der Waals surface area contributed by atoms with Crippen molar-refractivity contribution in [3.8, 4) is 0 Å². The largest absolute Gasteiger partial charge is 0.449 e. The highest BCUT2D eigenvalue weighted by atomic mass is 16.5. The average molecular weight is 403 g/mol. The van der Waals surface area contributed by atoms with E-state index in [1.165, 1.54) is 51.8 Å². The van der Waals surface area contributed by atoms with Crippen LogP contribution in [0.2, 0.25) is 0 Å². The average Bonchev–Trinajstić information content (AvgIpc) is 2.88. The molecular formula is C21H29N3O5. The summed E-state index contributed by atoms with van der Waals surface area (Å²) < 4.78 is 5.31. The highest BCUT2D eigenvalue weighted by molar-refractivity contribution is 5.98. The molecule has 1 aromatic rings. The highest BCUT2D eigenvalue weighted by Crippen LogP contribution is 2.21. The molecule has 0 spiro atoms. The molecule has 0 aliphatic heterocycles. The second kappa shape index (κ2) is 10.6. The Balaban J connectivity index is 2.06. The molecule has 0 bridgehead atoms. The fourth-order valence-corrected chi connectivity index (χ4v) is 3.32. The number of esters is 1. The second-order valence-corrected chi connectivity index (χ2v) is 7.41. The van der Waals surface area contributed by atoms with Crippen molar-refractivity contribution in [1.82, 2.24) is 5.32 Å². The Hall–Kier alpha value is -2.90. The van der Waals surface area contributed by atoms with E-state index in [0.717, 1.165) is 25.7 Å². The molecule has 0 aromatic heterocycles. The molecule has 29 heavy (non-hydrogen) atoms. The molecule has 1 aliphatic carbocycles. The monoisotopic (exact) mass is 403 g/mol. The zero-order valence-electron chi connectivity index (χ0n) is 17.2. The minimum atomic E-state index is -0.959. The molecule has 1 fully saturated rings. The molecular weight excluding hydrogens is 374 g/mol. The Kier molecular flexibility index (Phi) is 8.18. The minimum absolute atomic E-state index is 0.112. The van der Waals surface area contributed by atoms with Crippen molar-refractivity contribution in [2.24, 2.45) is 0 Å². The van der Waals surface area contributed by atoms with Crippen molar-refractivity contribution >= 4 is 35.1 Å². The molecule has 3 N–H and O–H groups in total. The Morgan fingerprint density at radius 2 is 1.41 bits per heavy atom. The van der Waals surface area contributed by atoms with Gasteiger partial charge in [-0.1, -0.05) is 25.7 Å². The molecule has 1 atom stereocenters. The van der Waals surface area contributed by atoms with Crippen LogP contribution in [0.15, 0.2) is 18.2 Å². The van der Waals surface area contributed by atoms with Gasteiger partial charge in [0.15, 0.2) is 6.10 Å². The molecule has 1 aromatic carbocycles. The van der Waals surface area contributed by atoms with Crippen LogP contribution in [-0.2, 0) is 19.1 Å². The molecule has 158 valence electrons. The van der Waals surface area contributed by atoms with Crippen molar-refractivity contribution in [2.45, 2.75) is 71.4 Å². The first-order valence-electron chi connectivity index (χ1n) is 9.96. The van der Waals surface area contributed by atoms with Gasteiger partial charge in [0.05, 0.1) is 5.56 Å². The fourth-order valence-electron chi connectivity index (χ4n) is 3.32. The molecule has 3 amide bonds. The van der Waals surface area contributed by atoms with E-state index in [0.29, 0.717) is 11.4 Å². The van der Waals surface area contributed by atoms with Crippen molar-refractivity contribution in [1.29, 1.82) is 0 Å². The van der Waals surface area contributed by atoms with Gasteiger partial charge in [-0.3, -0.25) is 14.4 Å². The van der Waals surface area contributed by atoms with Gasteiger partial charge in [-0.15, -0.1) is 0 Å². The van der Waals surface area contributed by atoms with Crippen molar-refractivity contribution < 1.29 is 23.9 Å². The topological polar surface area (TPSA) is 114 Å². The maximum atomic E-state index is 12.6. The van der Waals surface area contributed by atoms with Crippen molar-refractivity contribution in [3.63, 3.8) is 0 Å².